The SMILES string of the molecule is C.CC1=C(c2c(Cl)ccc3c2N([C@H](C)CNC=O)C(c2cn(C)c4cc(C=O)ccc24)C3CCCOc2cc(C)c(Cl)c(C)c2)C(C)NN1CCN1CCCC1. The molecule has 3 aliphatic rings. The van der Waals surface area contributed by atoms with E-state index in [-0.39, 0.29) is 31.5 Å². The smallest absolute Gasteiger partial charge is 0.207 e. The number of nitrogens with one attached hydrogen (secondary N) is 2. The van der Waals surface area contributed by atoms with Crippen LogP contribution in [0, 0.1) is 13.8 Å². The fraction of sp³-hybridized carbons (Fsp3) is 0.467. The van der Waals surface area contributed by atoms with Gasteiger partial charge in [-0.3, -0.25) is 9.59 Å². The van der Waals surface area contributed by atoms with Gasteiger partial charge in [0.15, 0.2) is 0 Å². The van der Waals surface area contributed by atoms with E-state index in [1.54, 1.807) is 0 Å². The molecule has 0 aliphatic carbocycles. The van der Waals surface area contributed by atoms with Crippen molar-refractivity contribution in [3.63, 3.8) is 0 Å². The first-order valence-electron chi connectivity index (χ1n) is 19.7. The minimum absolute atomic E-state index is 0. The molecule has 3 aliphatic heterocycles. The molecule has 3 unspecified atom stereocenters. The second-order valence-electron chi connectivity index (χ2n) is 15.7. The van der Waals surface area contributed by atoms with Crippen molar-refractivity contribution in [1.29, 1.82) is 0 Å². The Morgan fingerprint density at radius 3 is 2.43 bits per heavy atom. The number of benzene rings is 3. The lowest BCUT2D eigenvalue weighted by molar-refractivity contribution is -0.109. The van der Waals surface area contributed by atoms with E-state index in [9.17, 15) is 9.59 Å². The van der Waals surface area contributed by atoms with Crippen LogP contribution >= 0.6 is 23.2 Å². The first-order chi connectivity index (χ1) is 26.5. The lowest BCUT2D eigenvalue weighted by Crippen LogP contribution is -2.42. The number of ether oxygens (including phenoxy) is 1. The second kappa shape index (κ2) is 17.6. The van der Waals surface area contributed by atoms with Crippen LogP contribution in [0.4, 0.5) is 5.69 Å². The molecule has 9 nitrogen and oxygen atoms in total. The third-order valence-corrected chi connectivity index (χ3v) is 12.9. The molecule has 0 radical (unpaired) electrons. The van der Waals surface area contributed by atoms with Crippen molar-refractivity contribution in [2.45, 2.75) is 91.8 Å². The maximum Gasteiger partial charge on any atom is 0.207 e. The molecule has 1 fully saturated rings. The van der Waals surface area contributed by atoms with Gasteiger partial charge in [0.1, 0.15) is 12.0 Å². The van der Waals surface area contributed by atoms with Crippen LogP contribution in [0.3, 0.4) is 0 Å². The Balaban J connectivity index is 0.00000532. The van der Waals surface area contributed by atoms with Gasteiger partial charge in [0.2, 0.25) is 6.41 Å². The number of hydrazine groups is 1. The monoisotopic (exact) mass is 800 g/mol. The molecule has 11 heteroatoms. The van der Waals surface area contributed by atoms with Crippen LogP contribution in [-0.4, -0.2) is 78.6 Å². The van der Waals surface area contributed by atoms with Gasteiger partial charge >= 0.3 is 0 Å². The van der Waals surface area contributed by atoms with Crippen molar-refractivity contribution in [2.24, 2.45) is 7.05 Å². The zero-order valence-electron chi connectivity index (χ0n) is 32.9. The highest BCUT2D eigenvalue weighted by molar-refractivity contribution is 6.33. The van der Waals surface area contributed by atoms with Crippen LogP contribution in [0.15, 0.2) is 54.4 Å². The lowest BCUT2D eigenvalue weighted by Gasteiger charge is -2.37. The Morgan fingerprint density at radius 1 is 1.00 bits per heavy atom. The zero-order valence-corrected chi connectivity index (χ0v) is 34.4. The van der Waals surface area contributed by atoms with Gasteiger partial charge < -0.3 is 29.4 Å². The summed E-state index contributed by atoms with van der Waals surface area (Å²) in [6.45, 7) is 15.9. The van der Waals surface area contributed by atoms with Crippen molar-refractivity contribution in [3.8, 4) is 5.75 Å². The normalized spacial score (nSPS) is 20.1. The summed E-state index contributed by atoms with van der Waals surface area (Å²) in [7, 11) is 2.04. The molecule has 1 saturated heterocycles. The molecule has 1 amide bonds. The average Bonchev–Trinajstić information content (AvgIpc) is 3.95. The first-order valence-corrected chi connectivity index (χ1v) is 20.5. The van der Waals surface area contributed by atoms with E-state index in [0.717, 1.165) is 95.8 Å². The van der Waals surface area contributed by atoms with Gasteiger partial charge in [0.25, 0.3) is 0 Å². The molecule has 3 aromatic carbocycles. The number of allylic oxidation sites excluding steroid dienone is 1. The number of hydrogen-bond donors (Lipinski definition) is 2. The van der Waals surface area contributed by atoms with Gasteiger partial charge in [0, 0.05) is 88.7 Å². The molecule has 4 heterocycles. The predicted octanol–water partition coefficient (Wildman–Crippen LogP) is 9.22. The fourth-order valence-electron chi connectivity index (χ4n) is 9.37. The highest BCUT2D eigenvalue weighted by atomic mass is 35.5. The highest BCUT2D eigenvalue weighted by Gasteiger charge is 2.45. The Hall–Kier alpha value is -4.02. The second-order valence-corrected chi connectivity index (χ2v) is 16.5. The van der Waals surface area contributed by atoms with Crippen molar-refractivity contribution < 1.29 is 14.3 Å². The van der Waals surface area contributed by atoms with Crippen LogP contribution in [0.25, 0.3) is 16.5 Å². The minimum Gasteiger partial charge on any atom is -0.494 e. The number of likely N-dealkylation sites (tertiary alicyclic amines) is 1. The van der Waals surface area contributed by atoms with E-state index < -0.39 is 0 Å². The van der Waals surface area contributed by atoms with Crippen LogP contribution in [0.1, 0.15) is 104 Å². The molecular formula is C45H58Cl2N6O3. The van der Waals surface area contributed by atoms with E-state index in [4.69, 9.17) is 27.9 Å². The summed E-state index contributed by atoms with van der Waals surface area (Å²) in [5, 5.41) is 7.89. The summed E-state index contributed by atoms with van der Waals surface area (Å²) >= 11 is 13.8. The number of fused-ring (bicyclic) bond motifs is 2. The first kappa shape index (κ1) is 41.6. The molecule has 300 valence electrons. The van der Waals surface area contributed by atoms with E-state index in [1.165, 1.54) is 35.2 Å². The number of amides is 1. The van der Waals surface area contributed by atoms with Gasteiger partial charge in [-0.05, 0) is 114 Å². The Kier molecular flexibility index (Phi) is 13.1. The molecule has 4 atom stereocenters. The molecule has 0 spiro atoms. The number of nitrogens with zero attached hydrogens (tertiary/aromatic N) is 4. The van der Waals surface area contributed by atoms with E-state index in [1.807, 2.05) is 45.2 Å². The number of aldehydes is 1. The minimum atomic E-state index is -0.0849. The Bertz CT molecular complexity index is 2080. The van der Waals surface area contributed by atoms with E-state index in [2.05, 4.69) is 75.3 Å². The van der Waals surface area contributed by atoms with Gasteiger partial charge in [-0.25, -0.2) is 5.43 Å². The summed E-state index contributed by atoms with van der Waals surface area (Å²) in [5.74, 6) is 0.904. The van der Waals surface area contributed by atoms with Crippen molar-refractivity contribution in [2.75, 3.05) is 44.2 Å². The molecular weight excluding hydrogens is 743 g/mol. The van der Waals surface area contributed by atoms with Crippen LogP contribution in [0.2, 0.25) is 10.0 Å². The van der Waals surface area contributed by atoms with E-state index in [0.29, 0.717) is 23.7 Å². The summed E-state index contributed by atoms with van der Waals surface area (Å²) in [6, 6.07) is 14.1. The van der Waals surface area contributed by atoms with E-state index >= 15 is 0 Å². The molecule has 4 aromatic rings. The van der Waals surface area contributed by atoms with Crippen molar-refractivity contribution >= 4 is 58.1 Å². The average molecular weight is 802 g/mol. The zero-order chi connectivity index (χ0) is 39.0. The maximum absolute atomic E-state index is 11.9. The standard InChI is InChI=1S/C44H54Cl2N6O3.CH4/c1-27-20-33(21-28(2)42(27)46)55-19-9-10-35-36-13-14-38(45)41(40-30(4)48-51(31(40)5)18-17-50-15-7-8-16-50)44(36)52(29(3)23-47-26-54)43(35)37-24-49(6)39-22-32(25-53)11-12-34(37)39;/h11-14,20-22,24-26,29-30,35,43,48H,7-10,15-19,23H2,1-6H3,(H,47,54);1H4/t29-,30?,35?,43?;/m1./s1. The van der Waals surface area contributed by atoms with Gasteiger partial charge in [-0.1, -0.05) is 48.8 Å². The fourth-order valence-corrected chi connectivity index (χ4v) is 9.73. The van der Waals surface area contributed by atoms with Crippen molar-refractivity contribution in [1.82, 2.24) is 25.2 Å². The van der Waals surface area contributed by atoms with Gasteiger partial charge in [-0.2, -0.15) is 0 Å². The molecule has 0 bridgehead atoms. The topological polar surface area (TPSA) is 82.1 Å². The summed E-state index contributed by atoms with van der Waals surface area (Å²) in [5.41, 5.74) is 14.4. The Labute approximate surface area is 342 Å². The lowest BCUT2D eigenvalue weighted by atomic mass is 9.85. The summed E-state index contributed by atoms with van der Waals surface area (Å²) < 4.78 is 8.48. The highest BCUT2D eigenvalue weighted by Crippen LogP contribution is 2.57. The number of hydrogen-bond acceptors (Lipinski definition) is 7. The number of aromatic nitrogens is 1. The number of anilines is 1. The van der Waals surface area contributed by atoms with Gasteiger partial charge in [-0.15, -0.1) is 0 Å². The van der Waals surface area contributed by atoms with Crippen molar-refractivity contribution in [3.05, 3.63) is 97.8 Å². The van der Waals surface area contributed by atoms with Crippen LogP contribution in [0.5, 0.6) is 5.75 Å². The molecule has 7 rings (SSSR count). The summed E-state index contributed by atoms with van der Waals surface area (Å²) in [6.07, 6.45) is 8.11. The third-order valence-electron chi connectivity index (χ3n) is 12.0. The summed E-state index contributed by atoms with van der Waals surface area (Å²) in [4.78, 5) is 28.7. The number of rotatable bonds is 15. The van der Waals surface area contributed by atoms with Gasteiger partial charge in [0.05, 0.1) is 29.4 Å². The molecule has 2 N–H and O–H groups in total. The molecule has 56 heavy (non-hydrogen) atoms. The maximum atomic E-state index is 11.9. The van der Waals surface area contributed by atoms with Crippen LogP contribution < -0.4 is 20.4 Å². The molecule has 1 aromatic heterocycles. The quantitative estimate of drug-likeness (QED) is 0.0917. The Morgan fingerprint density at radius 2 is 1.73 bits per heavy atom. The number of carbonyl (C=O) groups is 2. The third kappa shape index (κ3) is 7.93. The number of aryl methyl sites for hydroxylation is 3. The predicted molar refractivity (Wildman–Crippen MR) is 231 cm³/mol. The molecule has 0 saturated carbocycles. The van der Waals surface area contributed by atoms with Crippen LogP contribution in [-0.2, 0) is 11.8 Å². The number of carbonyl (C=O) groups excluding carboxylic acids is 2. The largest absolute Gasteiger partial charge is 0.494 e. The number of halogens is 2.